The zero-order valence-corrected chi connectivity index (χ0v) is 16.3. The van der Waals surface area contributed by atoms with E-state index in [9.17, 15) is 4.79 Å². The summed E-state index contributed by atoms with van der Waals surface area (Å²) in [5.41, 5.74) is 1.24. The van der Waals surface area contributed by atoms with Crippen LogP contribution in [0.25, 0.3) is 0 Å². The monoisotopic (exact) mass is 368 g/mol. The van der Waals surface area contributed by atoms with Crippen LogP contribution < -0.4 is 15.4 Å². The number of nitrogens with one attached hydrogen (secondary N) is 2. The van der Waals surface area contributed by atoms with Crippen LogP contribution in [0.4, 0.5) is 0 Å². The lowest BCUT2D eigenvalue weighted by Gasteiger charge is -2.54. The fraction of sp³-hybridized carbons (Fsp3) is 0.696. The molecule has 4 aliphatic carbocycles. The molecule has 4 saturated carbocycles. The van der Waals surface area contributed by atoms with Crippen molar-refractivity contribution in [1.29, 1.82) is 0 Å². The van der Waals surface area contributed by atoms with E-state index in [-0.39, 0.29) is 18.1 Å². The molecule has 2 N–H and O–H groups in total. The second-order valence-corrected chi connectivity index (χ2v) is 9.36. The van der Waals surface area contributed by atoms with Crippen LogP contribution >= 0.6 is 0 Å². The van der Waals surface area contributed by atoms with Gasteiger partial charge in [0.15, 0.2) is 0 Å². The number of carbonyl (C=O) groups is 1. The van der Waals surface area contributed by atoms with Crippen LogP contribution in [0.2, 0.25) is 0 Å². The van der Waals surface area contributed by atoms with Crippen molar-refractivity contribution in [2.75, 3.05) is 6.54 Å². The van der Waals surface area contributed by atoms with Crippen LogP contribution in [0, 0.1) is 23.7 Å². The fourth-order valence-corrected chi connectivity index (χ4v) is 6.51. The number of amides is 1. The molecule has 4 nitrogen and oxygen atoms in total. The molecule has 1 amide bonds. The van der Waals surface area contributed by atoms with Crippen molar-refractivity contribution in [3.8, 4) is 5.75 Å². The number of benzene rings is 1. The minimum absolute atomic E-state index is 0.0759. The molecule has 5 fully saturated rings. The van der Waals surface area contributed by atoms with E-state index in [1.165, 1.54) is 37.7 Å². The number of carbonyl (C=O) groups excluding carboxylic acids is 1. The molecule has 4 heteroatoms. The third kappa shape index (κ3) is 3.37. The van der Waals surface area contributed by atoms with Crippen LogP contribution in [0.15, 0.2) is 24.3 Å². The SMILES string of the molecule is CCc1ccccc1O[C@@H]1CN[C@H](C(=O)NC2C3CC4CC(C3)CC2C4)C1. The number of aryl methyl sites for hydroxylation is 1. The summed E-state index contributed by atoms with van der Waals surface area (Å²) in [7, 11) is 0. The average Bonchev–Trinajstić information content (AvgIpc) is 3.13. The van der Waals surface area contributed by atoms with Gasteiger partial charge < -0.3 is 15.4 Å². The Hall–Kier alpha value is -1.55. The van der Waals surface area contributed by atoms with Gasteiger partial charge in [0.25, 0.3) is 0 Å². The Labute approximate surface area is 162 Å². The highest BCUT2D eigenvalue weighted by molar-refractivity contribution is 5.82. The molecule has 0 radical (unpaired) electrons. The number of hydrogen-bond donors (Lipinski definition) is 2. The highest BCUT2D eigenvalue weighted by atomic mass is 16.5. The predicted molar refractivity (Wildman–Crippen MR) is 106 cm³/mol. The predicted octanol–water partition coefficient (Wildman–Crippen LogP) is 3.30. The molecule has 27 heavy (non-hydrogen) atoms. The van der Waals surface area contributed by atoms with E-state index in [1.807, 2.05) is 12.1 Å². The molecule has 146 valence electrons. The van der Waals surface area contributed by atoms with E-state index in [2.05, 4.69) is 29.7 Å². The van der Waals surface area contributed by atoms with E-state index >= 15 is 0 Å². The maximum Gasteiger partial charge on any atom is 0.237 e. The molecule has 1 aromatic rings. The highest BCUT2D eigenvalue weighted by Crippen LogP contribution is 2.53. The molecule has 1 aliphatic heterocycles. The molecular weight excluding hydrogens is 336 g/mol. The molecule has 1 saturated heterocycles. The van der Waals surface area contributed by atoms with Crippen LogP contribution in [-0.2, 0) is 11.2 Å². The fourth-order valence-electron chi connectivity index (χ4n) is 6.51. The maximum absolute atomic E-state index is 12.9. The molecule has 0 unspecified atom stereocenters. The Morgan fingerprint density at radius 1 is 1.07 bits per heavy atom. The lowest BCUT2D eigenvalue weighted by Crippen LogP contribution is -2.58. The zero-order valence-electron chi connectivity index (χ0n) is 16.3. The van der Waals surface area contributed by atoms with Crippen molar-refractivity contribution < 1.29 is 9.53 Å². The standard InChI is InChI=1S/C23H32N2O2/c1-2-16-5-3-4-6-21(16)27-19-12-20(24-13-19)23(26)25-22-17-8-14-7-15(10-17)11-18(22)9-14/h3-6,14-15,17-20,22,24H,2,7-13H2,1H3,(H,25,26)/t14?,15?,17?,18?,19-,20-,22?/m0/s1. The number of para-hydroxylation sites is 1. The van der Waals surface area contributed by atoms with Crippen molar-refractivity contribution in [3.05, 3.63) is 29.8 Å². The van der Waals surface area contributed by atoms with E-state index in [0.29, 0.717) is 6.04 Å². The van der Waals surface area contributed by atoms with Gasteiger partial charge in [0.05, 0.1) is 6.04 Å². The van der Waals surface area contributed by atoms with Gasteiger partial charge in [0, 0.05) is 19.0 Å². The van der Waals surface area contributed by atoms with Crippen LogP contribution in [0.5, 0.6) is 5.75 Å². The van der Waals surface area contributed by atoms with E-state index in [0.717, 1.165) is 48.8 Å². The molecule has 1 heterocycles. The molecule has 2 atom stereocenters. The van der Waals surface area contributed by atoms with Gasteiger partial charge in [0.2, 0.25) is 5.91 Å². The summed E-state index contributed by atoms with van der Waals surface area (Å²) in [5, 5.41) is 6.85. The second-order valence-electron chi connectivity index (χ2n) is 9.36. The number of hydrogen-bond acceptors (Lipinski definition) is 3. The van der Waals surface area contributed by atoms with Gasteiger partial charge in [-0.2, -0.15) is 0 Å². The van der Waals surface area contributed by atoms with Gasteiger partial charge in [-0.25, -0.2) is 0 Å². The topological polar surface area (TPSA) is 50.4 Å². The molecule has 1 aromatic carbocycles. The summed E-state index contributed by atoms with van der Waals surface area (Å²) in [5.74, 6) is 4.52. The summed E-state index contributed by atoms with van der Waals surface area (Å²) >= 11 is 0. The minimum atomic E-state index is -0.110. The van der Waals surface area contributed by atoms with Crippen molar-refractivity contribution in [2.24, 2.45) is 23.7 Å². The largest absolute Gasteiger partial charge is 0.489 e. The maximum atomic E-state index is 12.9. The molecule has 5 aliphatic rings. The van der Waals surface area contributed by atoms with E-state index in [1.54, 1.807) is 0 Å². The molecule has 6 rings (SSSR count). The summed E-state index contributed by atoms with van der Waals surface area (Å²) in [6.45, 7) is 2.90. The second kappa shape index (κ2) is 7.12. The van der Waals surface area contributed by atoms with Crippen molar-refractivity contribution in [1.82, 2.24) is 10.6 Å². The van der Waals surface area contributed by atoms with Crippen LogP contribution in [-0.4, -0.2) is 30.6 Å². The van der Waals surface area contributed by atoms with Gasteiger partial charge in [0.1, 0.15) is 11.9 Å². The summed E-state index contributed by atoms with van der Waals surface area (Å²) < 4.78 is 6.22. The first-order valence-corrected chi connectivity index (χ1v) is 11.0. The van der Waals surface area contributed by atoms with Gasteiger partial charge in [-0.3, -0.25) is 4.79 Å². The summed E-state index contributed by atoms with van der Waals surface area (Å²) in [4.78, 5) is 12.9. The Bertz CT molecular complexity index is 675. The lowest BCUT2D eigenvalue weighted by molar-refractivity contribution is -0.126. The first-order chi connectivity index (χ1) is 13.2. The Balaban J connectivity index is 1.18. The van der Waals surface area contributed by atoms with Crippen molar-refractivity contribution in [3.63, 3.8) is 0 Å². The van der Waals surface area contributed by atoms with Crippen molar-refractivity contribution in [2.45, 2.75) is 70.1 Å². The third-order valence-electron chi connectivity index (χ3n) is 7.59. The summed E-state index contributed by atoms with van der Waals surface area (Å²) in [6.07, 6.45) is 8.63. The lowest BCUT2D eigenvalue weighted by atomic mass is 9.54. The van der Waals surface area contributed by atoms with Crippen LogP contribution in [0.1, 0.15) is 51.0 Å². The summed E-state index contributed by atoms with van der Waals surface area (Å²) in [6, 6.07) is 8.55. The first kappa shape index (κ1) is 17.5. The number of rotatable bonds is 5. The van der Waals surface area contributed by atoms with E-state index < -0.39 is 0 Å². The third-order valence-corrected chi connectivity index (χ3v) is 7.59. The van der Waals surface area contributed by atoms with Gasteiger partial charge in [-0.05, 0) is 73.8 Å². The highest BCUT2D eigenvalue weighted by Gasteiger charge is 2.49. The Kier molecular flexibility index (Phi) is 4.63. The average molecular weight is 369 g/mol. The van der Waals surface area contributed by atoms with E-state index in [4.69, 9.17) is 4.74 Å². The first-order valence-electron chi connectivity index (χ1n) is 11.0. The quantitative estimate of drug-likeness (QED) is 0.838. The Morgan fingerprint density at radius 2 is 1.78 bits per heavy atom. The zero-order chi connectivity index (χ0) is 18.4. The molecule has 4 bridgehead atoms. The van der Waals surface area contributed by atoms with Crippen LogP contribution in [0.3, 0.4) is 0 Å². The number of ether oxygens (including phenoxy) is 1. The van der Waals surface area contributed by atoms with Gasteiger partial charge in [-0.15, -0.1) is 0 Å². The molecule has 0 spiro atoms. The normalized spacial score (nSPS) is 39.5. The van der Waals surface area contributed by atoms with Gasteiger partial charge >= 0.3 is 0 Å². The van der Waals surface area contributed by atoms with Crippen molar-refractivity contribution >= 4 is 5.91 Å². The Morgan fingerprint density at radius 3 is 2.48 bits per heavy atom. The van der Waals surface area contributed by atoms with Gasteiger partial charge in [-0.1, -0.05) is 25.1 Å². The minimum Gasteiger partial charge on any atom is -0.489 e. The molecular formula is C23H32N2O2. The smallest absolute Gasteiger partial charge is 0.237 e. The molecule has 0 aromatic heterocycles.